The minimum atomic E-state index is 0.645. The molecule has 0 spiro atoms. The van der Waals surface area contributed by atoms with Crippen LogP contribution in [0.3, 0.4) is 0 Å². The minimum absolute atomic E-state index is 0.645. The third-order valence-electron chi connectivity index (χ3n) is 2.90. The number of fused-ring (bicyclic) bond motifs is 1. The second-order valence-corrected chi connectivity index (χ2v) is 6.93. The predicted octanol–water partition coefficient (Wildman–Crippen LogP) is 2.75. The van der Waals surface area contributed by atoms with Crippen molar-refractivity contribution in [2.24, 2.45) is 0 Å². The molecular weight excluding hydrogens is 264 g/mol. The van der Waals surface area contributed by atoms with Crippen LogP contribution in [0.15, 0.2) is 4.34 Å². The van der Waals surface area contributed by atoms with Crippen LogP contribution in [0.5, 0.6) is 0 Å². The van der Waals surface area contributed by atoms with Crippen molar-refractivity contribution in [2.45, 2.75) is 29.6 Å². The van der Waals surface area contributed by atoms with Crippen molar-refractivity contribution < 1.29 is 0 Å². The fraction of sp³-hybridized carbons (Fsp3) is 0.583. The molecule has 0 bridgehead atoms. The topological polar surface area (TPSA) is 41.9 Å². The van der Waals surface area contributed by atoms with Crippen LogP contribution in [0.2, 0.25) is 0 Å². The zero-order valence-electron chi connectivity index (χ0n) is 10.8. The summed E-state index contributed by atoms with van der Waals surface area (Å²) in [5.41, 5.74) is 2.12. The molecule has 18 heavy (non-hydrogen) atoms. The van der Waals surface area contributed by atoms with E-state index in [4.69, 9.17) is 4.98 Å². The largest absolute Gasteiger partial charge is 0.302 e. The second-order valence-electron chi connectivity index (χ2n) is 4.87. The number of hydrogen-bond acceptors (Lipinski definition) is 6. The van der Waals surface area contributed by atoms with Gasteiger partial charge in [-0.05, 0) is 33.2 Å². The van der Waals surface area contributed by atoms with E-state index in [1.807, 2.05) is 14.1 Å². The molecule has 1 aliphatic rings. The summed E-state index contributed by atoms with van der Waals surface area (Å²) in [4.78, 5) is 16.0. The lowest BCUT2D eigenvalue weighted by molar-refractivity contribution is 0.390. The quantitative estimate of drug-likeness (QED) is 0.806. The lowest BCUT2D eigenvalue weighted by Gasteiger charge is -2.09. The van der Waals surface area contributed by atoms with Crippen molar-refractivity contribution in [3.8, 4) is 0 Å². The minimum Gasteiger partial charge on any atom is -0.302 e. The molecule has 0 aliphatic heterocycles. The fourth-order valence-electron chi connectivity index (χ4n) is 1.95. The van der Waals surface area contributed by atoms with Gasteiger partial charge in [0.1, 0.15) is 5.82 Å². The van der Waals surface area contributed by atoms with Gasteiger partial charge in [0.05, 0.1) is 16.9 Å². The maximum atomic E-state index is 4.76. The van der Waals surface area contributed by atoms with E-state index in [2.05, 4.69) is 21.1 Å². The fourth-order valence-corrected chi connectivity index (χ4v) is 3.51. The maximum absolute atomic E-state index is 4.76. The van der Waals surface area contributed by atoms with Crippen LogP contribution in [-0.4, -0.2) is 40.2 Å². The Hall–Kier alpha value is -0.720. The van der Waals surface area contributed by atoms with Gasteiger partial charge in [-0.15, -0.1) is 11.3 Å². The molecule has 4 nitrogen and oxygen atoms in total. The SMILES string of the molecule is CSc1nc2nc(CN(C)C)nc(C3CC3)c2s1. The van der Waals surface area contributed by atoms with E-state index in [9.17, 15) is 0 Å². The number of rotatable bonds is 4. The molecule has 96 valence electrons. The van der Waals surface area contributed by atoms with E-state index in [0.29, 0.717) is 5.92 Å². The van der Waals surface area contributed by atoms with Crippen molar-refractivity contribution >= 4 is 33.4 Å². The van der Waals surface area contributed by atoms with Crippen molar-refractivity contribution in [3.05, 3.63) is 11.5 Å². The molecule has 0 unspecified atom stereocenters. The first kappa shape index (κ1) is 12.3. The molecule has 2 aromatic heterocycles. The van der Waals surface area contributed by atoms with Gasteiger partial charge >= 0.3 is 0 Å². The van der Waals surface area contributed by atoms with E-state index in [1.54, 1.807) is 23.1 Å². The van der Waals surface area contributed by atoms with Crippen LogP contribution < -0.4 is 0 Å². The predicted molar refractivity (Wildman–Crippen MR) is 76.4 cm³/mol. The monoisotopic (exact) mass is 280 g/mol. The van der Waals surface area contributed by atoms with Gasteiger partial charge in [0.25, 0.3) is 0 Å². The van der Waals surface area contributed by atoms with Gasteiger partial charge < -0.3 is 4.90 Å². The summed E-state index contributed by atoms with van der Waals surface area (Å²) in [6.07, 6.45) is 4.59. The third kappa shape index (κ3) is 2.37. The molecule has 0 atom stereocenters. The highest BCUT2D eigenvalue weighted by Gasteiger charge is 2.29. The molecule has 2 aromatic rings. The van der Waals surface area contributed by atoms with Gasteiger partial charge in [-0.1, -0.05) is 11.8 Å². The van der Waals surface area contributed by atoms with Crippen LogP contribution >= 0.6 is 23.1 Å². The van der Waals surface area contributed by atoms with Gasteiger partial charge in [0.15, 0.2) is 9.99 Å². The van der Waals surface area contributed by atoms with Crippen LogP contribution in [0.25, 0.3) is 10.3 Å². The number of nitrogens with zero attached hydrogens (tertiary/aromatic N) is 4. The van der Waals surface area contributed by atoms with Crippen LogP contribution in [-0.2, 0) is 6.54 Å². The van der Waals surface area contributed by atoms with Crippen molar-refractivity contribution in [1.29, 1.82) is 0 Å². The van der Waals surface area contributed by atoms with Crippen molar-refractivity contribution in [1.82, 2.24) is 19.9 Å². The molecule has 1 aliphatic carbocycles. The van der Waals surface area contributed by atoms with E-state index in [0.717, 1.165) is 22.4 Å². The first-order valence-electron chi connectivity index (χ1n) is 6.03. The van der Waals surface area contributed by atoms with Gasteiger partial charge in [0, 0.05) is 5.92 Å². The average Bonchev–Trinajstić information content (AvgIpc) is 3.07. The zero-order chi connectivity index (χ0) is 12.7. The molecule has 0 saturated heterocycles. The van der Waals surface area contributed by atoms with Gasteiger partial charge in [-0.25, -0.2) is 15.0 Å². The van der Waals surface area contributed by atoms with E-state index in [-0.39, 0.29) is 0 Å². The number of aromatic nitrogens is 3. The molecule has 0 aromatic carbocycles. The third-order valence-corrected chi connectivity index (χ3v) is 4.96. The van der Waals surface area contributed by atoms with Gasteiger partial charge in [0.2, 0.25) is 0 Å². The molecular formula is C12H16N4S2. The molecule has 3 rings (SSSR count). The van der Waals surface area contributed by atoms with Crippen LogP contribution in [0.4, 0.5) is 0 Å². The lowest BCUT2D eigenvalue weighted by Crippen LogP contribution is -2.14. The lowest BCUT2D eigenvalue weighted by atomic mass is 10.2. The molecule has 0 N–H and O–H groups in total. The Morgan fingerprint density at radius 2 is 2.06 bits per heavy atom. The zero-order valence-corrected chi connectivity index (χ0v) is 12.4. The standard InChI is InChI=1S/C12H16N4S2/c1-16(2)6-8-13-9(7-4-5-7)10-11(14-8)15-12(17-3)18-10/h7H,4-6H2,1-3H3. The van der Waals surface area contributed by atoms with E-state index >= 15 is 0 Å². The smallest absolute Gasteiger partial charge is 0.175 e. The summed E-state index contributed by atoms with van der Waals surface area (Å²) >= 11 is 3.42. The summed E-state index contributed by atoms with van der Waals surface area (Å²) < 4.78 is 2.28. The van der Waals surface area contributed by atoms with Gasteiger partial charge in [-0.2, -0.15) is 0 Å². The van der Waals surface area contributed by atoms with Crippen LogP contribution in [0.1, 0.15) is 30.3 Å². The molecule has 6 heteroatoms. The summed E-state index contributed by atoms with van der Waals surface area (Å²) in [5, 5.41) is 0. The summed E-state index contributed by atoms with van der Waals surface area (Å²) in [6.45, 7) is 0.780. The van der Waals surface area contributed by atoms with Crippen molar-refractivity contribution in [3.63, 3.8) is 0 Å². The highest BCUT2D eigenvalue weighted by molar-refractivity contribution is 8.00. The van der Waals surface area contributed by atoms with E-state index in [1.165, 1.54) is 23.2 Å². The average molecular weight is 280 g/mol. The second kappa shape index (κ2) is 4.75. The summed E-state index contributed by atoms with van der Waals surface area (Å²) in [7, 11) is 4.08. The number of thioether (sulfide) groups is 1. The Morgan fingerprint density at radius 1 is 1.28 bits per heavy atom. The highest BCUT2D eigenvalue weighted by Crippen LogP contribution is 2.43. The molecule has 0 radical (unpaired) electrons. The Morgan fingerprint density at radius 3 is 2.67 bits per heavy atom. The first-order chi connectivity index (χ1) is 8.67. The van der Waals surface area contributed by atoms with Crippen molar-refractivity contribution in [2.75, 3.05) is 20.4 Å². The van der Waals surface area contributed by atoms with Crippen LogP contribution in [0, 0.1) is 0 Å². The maximum Gasteiger partial charge on any atom is 0.175 e. The Labute approximate surface area is 115 Å². The molecule has 1 fully saturated rings. The molecule has 1 saturated carbocycles. The summed E-state index contributed by atoms with van der Waals surface area (Å²) in [5.74, 6) is 1.54. The summed E-state index contributed by atoms with van der Waals surface area (Å²) in [6, 6.07) is 0. The molecule has 0 amide bonds. The normalized spacial score (nSPS) is 15.8. The van der Waals surface area contributed by atoms with E-state index < -0.39 is 0 Å². The van der Waals surface area contributed by atoms with Gasteiger partial charge in [-0.3, -0.25) is 0 Å². The highest BCUT2D eigenvalue weighted by atomic mass is 32.2. The number of thiazole rings is 1. The Balaban J connectivity index is 2.11. The molecule has 2 heterocycles. The Kier molecular flexibility index (Phi) is 3.25. The number of hydrogen-bond donors (Lipinski definition) is 0. The first-order valence-corrected chi connectivity index (χ1v) is 8.07. The Bertz CT molecular complexity index is 575.